The minimum absolute atomic E-state index is 0.490. The molecule has 1 saturated carbocycles. The SMILES string of the molecule is CCC(CC1CC1(CC)NC)N(C)C. The van der Waals surface area contributed by atoms with Gasteiger partial charge in [0.1, 0.15) is 0 Å². The smallest absolute Gasteiger partial charge is 0.0208 e. The van der Waals surface area contributed by atoms with Crippen molar-refractivity contribution in [2.45, 2.75) is 51.1 Å². The van der Waals surface area contributed by atoms with Gasteiger partial charge in [-0.1, -0.05) is 13.8 Å². The van der Waals surface area contributed by atoms with Crippen molar-refractivity contribution >= 4 is 0 Å². The highest BCUT2D eigenvalue weighted by molar-refractivity contribution is 5.09. The molecule has 0 aromatic rings. The standard InChI is InChI=1S/C12H26N2/c1-6-11(14(4)5)8-10-9-12(10,7-2)13-3/h10-11,13H,6-9H2,1-5H3. The third-order valence-corrected chi connectivity index (χ3v) is 4.12. The zero-order chi connectivity index (χ0) is 10.8. The van der Waals surface area contributed by atoms with Gasteiger partial charge in [-0.25, -0.2) is 0 Å². The summed E-state index contributed by atoms with van der Waals surface area (Å²) in [7, 11) is 6.51. The van der Waals surface area contributed by atoms with Crippen LogP contribution in [0.5, 0.6) is 0 Å². The van der Waals surface area contributed by atoms with Crippen LogP contribution in [0.15, 0.2) is 0 Å². The van der Waals surface area contributed by atoms with Crippen molar-refractivity contribution in [2.24, 2.45) is 5.92 Å². The monoisotopic (exact) mass is 198 g/mol. The van der Waals surface area contributed by atoms with E-state index < -0.39 is 0 Å². The second kappa shape index (κ2) is 4.63. The number of nitrogens with one attached hydrogen (secondary N) is 1. The van der Waals surface area contributed by atoms with Gasteiger partial charge in [0.15, 0.2) is 0 Å². The molecule has 0 amide bonds. The van der Waals surface area contributed by atoms with Crippen LogP contribution in [0.4, 0.5) is 0 Å². The molecule has 1 fully saturated rings. The van der Waals surface area contributed by atoms with E-state index in [4.69, 9.17) is 0 Å². The Morgan fingerprint density at radius 3 is 2.36 bits per heavy atom. The van der Waals surface area contributed by atoms with Crippen molar-refractivity contribution in [3.8, 4) is 0 Å². The van der Waals surface area contributed by atoms with E-state index in [1.54, 1.807) is 0 Å². The normalized spacial score (nSPS) is 33.4. The molecule has 1 aliphatic rings. The molecule has 84 valence electrons. The van der Waals surface area contributed by atoms with Crippen molar-refractivity contribution in [2.75, 3.05) is 21.1 Å². The Balaban J connectivity index is 2.40. The molecule has 0 spiro atoms. The summed E-state index contributed by atoms with van der Waals surface area (Å²) in [5, 5.41) is 3.50. The first-order valence-electron chi connectivity index (χ1n) is 5.95. The van der Waals surface area contributed by atoms with Gasteiger partial charge in [0, 0.05) is 11.6 Å². The fourth-order valence-electron chi connectivity index (χ4n) is 2.68. The van der Waals surface area contributed by atoms with E-state index in [0.29, 0.717) is 5.54 Å². The first kappa shape index (κ1) is 12.0. The van der Waals surface area contributed by atoms with Crippen LogP contribution in [0.2, 0.25) is 0 Å². The van der Waals surface area contributed by atoms with E-state index >= 15 is 0 Å². The molecule has 1 N–H and O–H groups in total. The Labute approximate surface area is 89.1 Å². The highest BCUT2D eigenvalue weighted by Crippen LogP contribution is 2.49. The summed E-state index contributed by atoms with van der Waals surface area (Å²) in [6.07, 6.45) is 5.29. The van der Waals surface area contributed by atoms with E-state index in [1.165, 1.54) is 25.7 Å². The van der Waals surface area contributed by atoms with E-state index in [2.05, 4.69) is 45.2 Å². The zero-order valence-corrected chi connectivity index (χ0v) is 10.4. The van der Waals surface area contributed by atoms with Gasteiger partial charge in [-0.15, -0.1) is 0 Å². The predicted octanol–water partition coefficient (Wildman–Crippen LogP) is 2.10. The van der Waals surface area contributed by atoms with E-state index in [1.807, 2.05) is 0 Å². The van der Waals surface area contributed by atoms with Gasteiger partial charge in [0.2, 0.25) is 0 Å². The van der Waals surface area contributed by atoms with Gasteiger partial charge in [-0.2, -0.15) is 0 Å². The molecule has 0 heterocycles. The molecule has 14 heavy (non-hydrogen) atoms. The average Bonchev–Trinajstić information content (AvgIpc) is 2.88. The zero-order valence-electron chi connectivity index (χ0n) is 10.4. The maximum absolute atomic E-state index is 3.50. The number of nitrogens with zero attached hydrogens (tertiary/aromatic N) is 1. The molecule has 1 aliphatic carbocycles. The van der Waals surface area contributed by atoms with Crippen LogP contribution in [0.3, 0.4) is 0 Å². The lowest BCUT2D eigenvalue weighted by Crippen LogP contribution is -2.33. The minimum Gasteiger partial charge on any atom is -0.314 e. The molecule has 0 aromatic carbocycles. The number of hydrogen-bond acceptors (Lipinski definition) is 2. The summed E-state index contributed by atoms with van der Waals surface area (Å²) < 4.78 is 0. The van der Waals surface area contributed by atoms with Gasteiger partial charge in [-0.05, 0) is 52.7 Å². The molecule has 0 radical (unpaired) electrons. The van der Waals surface area contributed by atoms with E-state index in [-0.39, 0.29) is 0 Å². The molecule has 0 aromatic heterocycles. The summed E-state index contributed by atoms with van der Waals surface area (Å²) in [6.45, 7) is 4.59. The highest BCUT2D eigenvalue weighted by Gasteiger charge is 2.51. The van der Waals surface area contributed by atoms with Crippen LogP contribution in [0.25, 0.3) is 0 Å². The molecule has 3 atom stereocenters. The van der Waals surface area contributed by atoms with Crippen molar-refractivity contribution in [1.29, 1.82) is 0 Å². The Morgan fingerprint density at radius 1 is 1.43 bits per heavy atom. The highest BCUT2D eigenvalue weighted by atomic mass is 15.1. The Bertz CT molecular complexity index is 173. The summed E-state index contributed by atoms with van der Waals surface area (Å²) in [5.41, 5.74) is 0.490. The van der Waals surface area contributed by atoms with Crippen molar-refractivity contribution in [3.05, 3.63) is 0 Å². The second-order valence-electron chi connectivity index (χ2n) is 4.92. The summed E-state index contributed by atoms with van der Waals surface area (Å²) in [5.74, 6) is 0.907. The summed E-state index contributed by atoms with van der Waals surface area (Å²) >= 11 is 0. The fraction of sp³-hybridized carbons (Fsp3) is 1.00. The molecule has 2 heteroatoms. The third kappa shape index (κ3) is 2.29. The number of hydrogen-bond donors (Lipinski definition) is 1. The Morgan fingerprint density at radius 2 is 2.07 bits per heavy atom. The van der Waals surface area contributed by atoms with E-state index in [0.717, 1.165) is 12.0 Å². The van der Waals surface area contributed by atoms with Crippen LogP contribution in [-0.4, -0.2) is 37.6 Å². The largest absolute Gasteiger partial charge is 0.314 e. The Kier molecular flexibility index (Phi) is 3.96. The molecular formula is C12H26N2. The molecule has 0 aliphatic heterocycles. The lowest BCUT2D eigenvalue weighted by molar-refractivity contribution is 0.252. The summed E-state index contributed by atoms with van der Waals surface area (Å²) in [4.78, 5) is 2.37. The lowest BCUT2D eigenvalue weighted by Gasteiger charge is -2.24. The molecule has 3 unspecified atom stereocenters. The molecular weight excluding hydrogens is 172 g/mol. The average molecular weight is 198 g/mol. The first-order valence-corrected chi connectivity index (χ1v) is 5.95. The van der Waals surface area contributed by atoms with Crippen LogP contribution in [0.1, 0.15) is 39.5 Å². The minimum atomic E-state index is 0.490. The topological polar surface area (TPSA) is 15.3 Å². The van der Waals surface area contributed by atoms with Gasteiger partial charge in [0.05, 0.1) is 0 Å². The second-order valence-corrected chi connectivity index (χ2v) is 4.92. The summed E-state index contributed by atoms with van der Waals surface area (Å²) in [6, 6.07) is 0.766. The third-order valence-electron chi connectivity index (χ3n) is 4.12. The Hall–Kier alpha value is -0.0800. The van der Waals surface area contributed by atoms with Crippen molar-refractivity contribution in [1.82, 2.24) is 10.2 Å². The van der Waals surface area contributed by atoms with E-state index in [9.17, 15) is 0 Å². The van der Waals surface area contributed by atoms with Gasteiger partial charge in [-0.3, -0.25) is 0 Å². The first-order chi connectivity index (χ1) is 6.59. The fourth-order valence-corrected chi connectivity index (χ4v) is 2.68. The van der Waals surface area contributed by atoms with Crippen LogP contribution in [0, 0.1) is 5.92 Å². The molecule has 0 saturated heterocycles. The predicted molar refractivity (Wildman–Crippen MR) is 62.6 cm³/mol. The lowest BCUT2D eigenvalue weighted by atomic mass is 10.0. The van der Waals surface area contributed by atoms with Crippen LogP contribution >= 0.6 is 0 Å². The van der Waals surface area contributed by atoms with Crippen molar-refractivity contribution < 1.29 is 0 Å². The quantitative estimate of drug-likeness (QED) is 0.703. The van der Waals surface area contributed by atoms with Gasteiger partial charge in [0.25, 0.3) is 0 Å². The maximum atomic E-state index is 3.50. The van der Waals surface area contributed by atoms with Crippen LogP contribution in [-0.2, 0) is 0 Å². The van der Waals surface area contributed by atoms with Crippen LogP contribution < -0.4 is 5.32 Å². The molecule has 2 nitrogen and oxygen atoms in total. The number of rotatable bonds is 6. The maximum Gasteiger partial charge on any atom is 0.0208 e. The van der Waals surface area contributed by atoms with Gasteiger partial charge < -0.3 is 10.2 Å². The molecule has 1 rings (SSSR count). The van der Waals surface area contributed by atoms with Crippen molar-refractivity contribution in [3.63, 3.8) is 0 Å². The van der Waals surface area contributed by atoms with Gasteiger partial charge >= 0.3 is 0 Å². The molecule has 0 bridgehead atoms.